The molecule has 0 saturated heterocycles. The van der Waals surface area contributed by atoms with Crippen molar-refractivity contribution in [1.29, 1.82) is 0 Å². The van der Waals surface area contributed by atoms with Gasteiger partial charge < -0.3 is 5.11 Å². The standard InChI is InChI=1S/C36H23N3O/c40-35-29(21-20-23-11-10-22-37-34(23)35)32-25-14-4-6-16-27(25)33(28-17-7-5-15-26(28)32)36-38-30-18-8-9-19-31(30)39(36)24-12-2-1-3-13-24/h1-22,40H. The number of phenols is 1. The monoisotopic (exact) mass is 513 g/mol. The summed E-state index contributed by atoms with van der Waals surface area (Å²) in [5.41, 5.74) is 6.47. The number of hydrogen-bond acceptors (Lipinski definition) is 3. The van der Waals surface area contributed by atoms with Crippen LogP contribution in [-0.4, -0.2) is 19.6 Å². The van der Waals surface area contributed by atoms with E-state index < -0.39 is 0 Å². The van der Waals surface area contributed by atoms with E-state index >= 15 is 0 Å². The third-order valence-corrected chi connectivity index (χ3v) is 7.75. The third kappa shape index (κ3) is 3.26. The quantitative estimate of drug-likeness (QED) is 0.240. The van der Waals surface area contributed by atoms with Crippen LogP contribution in [0.25, 0.3) is 71.7 Å². The minimum atomic E-state index is 0.192. The molecule has 0 amide bonds. The van der Waals surface area contributed by atoms with E-state index in [9.17, 15) is 5.11 Å². The summed E-state index contributed by atoms with van der Waals surface area (Å²) in [6.45, 7) is 0. The van der Waals surface area contributed by atoms with Crippen molar-refractivity contribution in [3.05, 3.63) is 134 Å². The highest BCUT2D eigenvalue weighted by Gasteiger charge is 2.23. The molecule has 0 unspecified atom stereocenters. The van der Waals surface area contributed by atoms with Gasteiger partial charge >= 0.3 is 0 Å². The minimum absolute atomic E-state index is 0.192. The fourth-order valence-electron chi connectivity index (χ4n) is 6.02. The Morgan fingerprint density at radius 2 is 1.18 bits per heavy atom. The molecule has 6 aromatic carbocycles. The van der Waals surface area contributed by atoms with Gasteiger partial charge in [0.25, 0.3) is 0 Å². The van der Waals surface area contributed by atoms with E-state index in [4.69, 9.17) is 4.98 Å². The molecule has 1 N–H and O–H groups in total. The van der Waals surface area contributed by atoms with Gasteiger partial charge in [-0.2, -0.15) is 0 Å². The molecule has 0 spiro atoms. The fourth-order valence-corrected chi connectivity index (χ4v) is 6.02. The number of aromatic hydroxyl groups is 1. The number of imidazole rings is 1. The topological polar surface area (TPSA) is 50.9 Å². The Morgan fingerprint density at radius 1 is 0.550 bits per heavy atom. The van der Waals surface area contributed by atoms with Gasteiger partial charge in [0.1, 0.15) is 17.1 Å². The summed E-state index contributed by atoms with van der Waals surface area (Å²) >= 11 is 0. The van der Waals surface area contributed by atoms with Crippen LogP contribution in [0, 0.1) is 0 Å². The van der Waals surface area contributed by atoms with Crippen LogP contribution in [-0.2, 0) is 0 Å². The average molecular weight is 514 g/mol. The number of aromatic nitrogens is 3. The van der Waals surface area contributed by atoms with E-state index in [0.29, 0.717) is 5.52 Å². The number of rotatable bonds is 3. The molecule has 40 heavy (non-hydrogen) atoms. The highest BCUT2D eigenvalue weighted by Crippen LogP contribution is 2.47. The molecule has 0 bridgehead atoms. The van der Waals surface area contributed by atoms with Crippen LogP contribution >= 0.6 is 0 Å². The first-order chi connectivity index (χ1) is 19.8. The van der Waals surface area contributed by atoms with Crippen molar-refractivity contribution in [3.63, 3.8) is 0 Å². The zero-order valence-corrected chi connectivity index (χ0v) is 21.5. The lowest BCUT2D eigenvalue weighted by Crippen LogP contribution is -1.99. The Bertz CT molecular complexity index is 2170. The minimum Gasteiger partial charge on any atom is -0.505 e. The molecule has 0 fully saturated rings. The first kappa shape index (κ1) is 22.5. The van der Waals surface area contributed by atoms with Gasteiger partial charge in [-0.3, -0.25) is 9.55 Å². The van der Waals surface area contributed by atoms with Crippen molar-refractivity contribution < 1.29 is 5.11 Å². The highest BCUT2D eigenvalue weighted by molar-refractivity contribution is 6.22. The summed E-state index contributed by atoms with van der Waals surface area (Å²) < 4.78 is 2.25. The van der Waals surface area contributed by atoms with E-state index in [-0.39, 0.29) is 5.75 Å². The van der Waals surface area contributed by atoms with Crippen molar-refractivity contribution in [2.24, 2.45) is 0 Å². The first-order valence-electron chi connectivity index (χ1n) is 13.3. The maximum Gasteiger partial charge on any atom is 0.149 e. The number of fused-ring (bicyclic) bond motifs is 4. The van der Waals surface area contributed by atoms with Crippen molar-refractivity contribution >= 4 is 43.5 Å². The molecular formula is C36H23N3O. The molecule has 0 aliphatic heterocycles. The van der Waals surface area contributed by atoms with Crippen LogP contribution < -0.4 is 0 Å². The molecule has 188 valence electrons. The second-order valence-corrected chi connectivity index (χ2v) is 9.97. The fraction of sp³-hybridized carbons (Fsp3) is 0. The molecule has 0 saturated carbocycles. The predicted octanol–water partition coefficient (Wildman–Crippen LogP) is 8.92. The molecular weight excluding hydrogens is 490 g/mol. The van der Waals surface area contributed by atoms with Crippen LogP contribution in [0.5, 0.6) is 5.75 Å². The molecule has 0 aliphatic carbocycles. The zero-order valence-electron chi connectivity index (χ0n) is 21.5. The Hall–Kier alpha value is -5.48. The molecule has 0 aliphatic rings. The summed E-state index contributed by atoms with van der Waals surface area (Å²) in [5.74, 6) is 1.08. The van der Waals surface area contributed by atoms with Crippen molar-refractivity contribution in [1.82, 2.24) is 14.5 Å². The second kappa shape index (κ2) is 8.79. The molecule has 0 radical (unpaired) electrons. The number of benzene rings is 6. The number of para-hydroxylation sites is 3. The van der Waals surface area contributed by atoms with Gasteiger partial charge in [0, 0.05) is 34.0 Å². The largest absolute Gasteiger partial charge is 0.505 e. The van der Waals surface area contributed by atoms with E-state index in [1.54, 1.807) is 6.20 Å². The van der Waals surface area contributed by atoms with Gasteiger partial charge in [0.05, 0.1) is 11.0 Å². The van der Waals surface area contributed by atoms with Gasteiger partial charge in [-0.05, 0) is 57.9 Å². The van der Waals surface area contributed by atoms with Gasteiger partial charge in [-0.25, -0.2) is 4.98 Å². The second-order valence-electron chi connectivity index (χ2n) is 9.97. The maximum absolute atomic E-state index is 11.5. The molecule has 4 heteroatoms. The molecule has 4 nitrogen and oxygen atoms in total. The number of nitrogens with zero attached hydrogens (tertiary/aromatic N) is 3. The molecule has 8 rings (SSSR count). The number of pyridine rings is 1. The van der Waals surface area contributed by atoms with E-state index in [0.717, 1.165) is 66.2 Å². The molecule has 0 atom stereocenters. The number of phenolic OH excluding ortho intramolecular Hbond substituents is 1. The Morgan fingerprint density at radius 3 is 1.90 bits per heavy atom. The van der Waals surface area contributed by atoms with Crippen LogP contribution in [0.3, 0.4) is 0 Å². The Labute approximate surface area is 230 Å². The lowest BCUT2D eigenvalue weighted by molar-refractivity contribution is 0.482. The summed E-state index contributed by atoms with van der Waals surface area (Å²) in [7, 11) is 0. The van der Waals surface area contributed by atoms with Crippen LogP contribution in [0.15, 0.2) is 134 Å². The summed E-state index contributed by atoms with van der Waals surface area (Å²) in [6, 6.07) is 43.4. The average Bonchev–Trinajstić information content (AvgIpc) is 3.40. The van der Waals surface area contributed by atoms with Crippen molar-refractivity contribution in [3.8, 4) is 34.0 Å². The first-order valence-corrected chi connectivity index (χ1v) is 13.3. The zero-order chi connectivity index (χ0) is 26.6. The van der Waals surface area contributed by atoms with Gasteiger partial charge in [0.15, 0.2) is 0 Å². The Balaban J connectivity index is 1.54. The molecule has 8 aromatic rings. The number of hydrogen-bond donors (Lipinski definition) is 1. The van der Waals surface area contributed by atoms with Gasteiger partial charge in [-0.1, -0.05) is 91.0 Å². The Kier molecular flexibility index (Phi) is 4.94. The SMILES string of the molecule is Oc1c(-c2c3ccccc3c(-c3nc4ccccc4n3-c3ccccc3)c3ccccc23)ccc2cccnc12. The van der Waals surface area contributed by atoms with Crippen LogP contribution in [0.2, 0.25) is 0 Å². The summed E-state index contributed by atoms with van der Waals surface area (Å²) in [5, 5.41) is 16.7. The predicted molar refractivity (Wildman–Crippen MR) is 164 cm³/mol. The van der Waals surface area contributed by atoms with Crippen molar-refractivity contribution in [2.45, 2.75) is 0 Å². The van der Waals surface area contributed by atoms with Crippen molar-refractivity contribution in [2.75, 3.05) is 0 Å². The van der Waals surface area contributed by atoms with Gasteiger partial charge in [0.2, 0.25) is 0 Å². The smallest absolute Gasteiger partial charge is 0.149 e. The molecule has 2 aromatic heterocycles. The summed E-state index contributed by atoms with van der Waals surface area (Å²) in [6.07, 6.45) is 1.72. The van der Waals surface area contributed by atoms with Gasteiger partial charge in [-0.15, -0.1) is 0 Å². The highest BCUT2D eigenvalue weighted by atomic mass is 16.3. The maximum atomic E-state index is 11.5. The van der Waals surface area contributed by atoms with E-state index in [1.165, 1.54) is 0 Å². The van der Waals surface area contributed by atoms with E-state index in [1.807, 2.05) is 36.4 Å². The lowest BCUT2D eigenvalue weighted by atomic mass is 9.87. The molecule has 2 heterocycles. The van der Waals surface area contributed by atoms with Crippen LogP contribution in [0.4, 0.5) is 0 Å². The third-order valence-electron chi connectivity index (χ3n) is 7.75. The summed E-state index contributed by atoms with van der Waals surface area (Å²) in [4.78, 5) is 9.72. The lowest BCUT2D eigenvalue weighted by Gasteiger charge is -2.19. The van der Waals surface area contributed by atoms with Crippen LogP contribution in [0.1, 0.15) is 0 Å². The van der Waals surface area contributed by atoms with E-state index in [2.05, 4.69) is 101 Å². The normalized spacial score (nSPS) is 11.6.